The molecule has 0 radical (unpaired) electrons. The van der Waals surface area contributed by atoms with Crippen molar-refractivity contribution in [3.05, 3.63) is 29.8 Å². The van der Waals surface area contributed by atoms with E-state index in [0.717, 1.165) is 11.3 Å². The summed E-state index contributed by atoms with van der Waals surface area (Å²) in [7, 11) is 1.64. The molecule has 0 amide bonds. The summed E-state index contributed by atoms with van der Waals surface area (Å²) < 4.78 is 15.7. The quantitative estimate of drug-likeness (QED) is 0.608. The van der Waals surface area contributed by atoms with Gasteiger partial charge in [-0.25, -0.2) is 0 Å². The van der Waals surface area contributed by atoms with Crippen LogP contribution in [0.5, 0.6) is 5.75 Å². The molecule has 5 heteroatoms. The van der Waals surface area contributed by atoms with Crippen LogP contribution in [0.1, 0.15) is 5.56 Å². The van der Waals surface area contributed by atoms with Gasteiger partial charge in [-0.2, -0.15) is 0 Å². The van der Waals surface area contributed by atoms with E-state index in [0.29, 0.717) is 32.8 Å². The maximum Gasteiger partial charge on any atom is 0.119 e. The van der Waals surface area contributed by atoms with Gasteiger partial charge in [0.25, 0.3) is 0 Å². The first-order valence-corrected chi connectivity index (χ1v) is 6.41. The van der Waals surface area contributed by atoms with Crippen LogP contribution < -0.4 is 10.5 Å². The molecule has 0 saturated heterocycles. The number of benzene rings is 1. The number of aliphatic hydroxyl groups excluding tert-OH is 1. The van der Waals surface area contributed by atoms with Gasteiger partial charge >= 0.3 is 0 Å². The van der Waals surface area contributed by atoms with Gasteiger partial charge in [0.2, 0.25) is 0 Å². The number of rotatable bonds is 10. The molecule has 0 saturated carbocycles. The lowest BCUT2D eigenvalue weighted by molar-refractivity contribution is 0.0544. The minimum Gasteiger partial charge on any atom is -0.491 e. The van der Waals surface area contributed by atoms with E-state index in [1.807, 2.05) is 24.3 Å². The number of ether oxygens (including phenoxy) is 3. The topological polar surface area (TPSA) is 73.9 Å². The summed E-state index contributed by atoms with van der Waals surface area (Å²) in [6.07, 6.45) is 0.664. The molecule has 0 aliphatic heterocycles. The Kier molecular flexibility index (Phi) is 8.16. The zero-order valence-corrected chi connectivity index (χ0v) is 11.4. The zero-order chi connectivity index (χ0) is 13.9. The predicted molar refractivity (Wildman–Crippen MR) is 73.4 cm³/mol. The normalized spacial score (nSPS) is 12.4. The minimum atomic E-state index is -0.207. The highest BCUT2D eigenvalue weighted by atomic mass is 16.5. The lowest BCUT2D eigenvalue weighted by Crippen LogP contribution is -2.26. The van der Waals surface area contributed by atoms with Gasteiger partial charge in [-0.15, -0.1) is 0 Å². The molecule has 19 heavy (non-hydrogen) atoms. The van der Waals surface area contributed by atoms with Gasteiger partial charge in [0.1, 0.15) is 12.4 Å². The molecule has 0 aliphatic carbocycles. The first kappa shape index (κ1) is 15.9. The second kappa shape index (κ2) is 9.75. The molecule has 0 aromatic heterocycles. The van der Waals surface area contributed by atoms with Gasteiger partial charge < -0.3 is 25.1 Å². The van der Waals surface area contributed by atoms with E-state index in [-0.39, 0.29) is 12.6 Å². The molecule has 0 bridgehead atoms. The highest BCUT2D eigenvalue weighted by Crippen LogP contribution is 2.13. The summed E-state index contributed by atoms with van der Waals surface area (Å²) in [5.41, 5.74) is 6.76. The van der Waals surface area contributed by atoms with Crippen molar-refractivity contribution in [2.75, 3.05) is 40.1 Å². The van der Waals surface area contributed by atoms with Crippen LogP contribution in [0, 0.1) is 0 Å². The van der Waals surface area contributed by atoms with Gasteiger partial charge in [0.05, 0.1) is 26.4 Å². The molecule has 1 rings (SSSR count). The smallest absolute Gasteiger partial charge is 0.119 e. The molecule has 1 unspecified atom stereocenters. The monoisotopic (exact) mass is 269 g/mol. The summed E-state index contributed by atoms with van der Waals surface area (Å²) in [6, 6.07) is 7.50. The molecule has 1 aromatic carbocycles. The third kappa shape index (κ3) is 7.12. The van der Waals surface area contributed by atoms with Gasteiger partial charge in [-0.1, -0.05) is 12.1 Å². The van der Waals surface area contributed by atoms with E-state index < -0.39 is 0 Å². The number of nitrogens with two attached hydrogens (primary N) is 1. The standard InChI is InChI=1S/C14H23NO4/c1-17-6-7-18-8-9-19-14-4-2-12(3-5-14)10-13(15)11-16/h2-5,13,16H,6-11,15H2,1H3. The molecule has 1 aromatic rings. The average molecular weight is 269 g/mol. The predicted octanol–water partition coefficient (Wildman–Crippen LogP) is 0.591. The van der Waals surface area contributed by atoms with Crippen LogP contribution in [-0.2, 0) is 15.9 Å². The van der Waals surface area contributed by atoms with E-state index in [9.17, 15) is 0 Å². The molecule has 108 valence electrons. The molecule has 1 atom stereocenters. The molecular weight excluding hydrogens is 246 g/mol. The first-order valence-electron chi connectivity index (χ1n) is 6.41. The van der Waals surface area contributed by atoms with Crippen LogP contribution in [0.25, 0.3) is 0 Å². The summed E-state index contributed by atoms with van der Waals surface area (Å²) >= 11 is 0. The molecular formula is C14H23NO4. The van der Waals surface area contributed by atoms with E-state index in [1.165, 1.54) is 0 Å². The Balaban J connectivity index is 2.21. The fraction of sp³-hybridized carbons (Fsp3) is 0.571. The molecule has 0 heterocycles. The van der Waals surface area contributed by atoms with Gasteiger partial charge in [0, 0.05) is 13.2 Å². The third-order valence-electron chi connectivity index (χ3n) is 2.58. The third-order valence-corrected chi connectivity index (χ3v) is 2.58. The van der Waals surface area contributed by atoms with E-state index in [1.54, 1.807) is 7.11 Å². The Morgan fingerprint density at radius 1 is 1.11 bits per heavy atom. The Labute approximate surface area is 114 Å². The lowest BCUT2D eigenvalue weighted by Gasteiger charge is -2.10. The van der Waals surface area contributed by atoms with Crippen LogP contribution in [0.4, 0.5) is 0 Å². The van der Waals surface area contributed by atoms with Crippen LogP contribution in [-0.4, -0.2) is 51.3 Å². The van der Waals surface area contributed by atoms with Gasteiger partial charge in [0.15, 0.2) is 0 Å². The van der Waals surface area contributed by atoms with Crippen molar-refractivity contribution in [2.24, 2.45) is 5.73 Å². The summed E-state index contributed by atoms with van der Waals surface area (Å²) in [4.78, 5) is 0. The highest BCUT2D eigenvalue weighted by molar-refractivity contribution is 5.27. The Morgan fingerprint density at radius 2 is 1.79 bits per heavy atom. The molecule has 3 N–H and O–H groups in total. The van der Waals surface area contributed by atoms with Crippen molar-refractivity contribution in [3.63, 3.8) is 0 Å². The fourth-order valence-electron chi connectivity index (χ4n) is 1.55. The van der Waals surface area contributed by atoms with Crippen molar-refractivity contribution < 1.29 is 19.3 Å². The van der Waals surface area contributed by atoms with Crippen LogP contribution in [0.2, 0.25) is 0 Å². The van der Waals surface area contributed by atoms with E-state index in [2.05, 4.69) is 0 Å². The Morgan fingerprint density at radius 3 is 2.42 bits per heavy atom. The summed E-state index contributed by atoms with van der Waals surface area (Å²) in [5.74, 6) is 0.802. The largest absolute Gasteiger partial charge is 0.491 e. The number of aliphatic hydroxyl groups is 1. The van der Waals surface area contributed by atoms with Crippen LogP contribution in [0.15, 0.2) is 24.3 Å². The molecule has 0 spiro atoms. The van der Waals surface area contributed by atoms with E-state index in [4.69, 9.17) is 25.1 Å². The number of hydrogen-bond acceptors (Lipinski definition) is 5. The first-order chi connectivity index (χ1) is 9.26. The molecule has 0 fully saturated rings. The average Bonchev–Trinajstić information content (AvgIpc) is 2.44. The number of methoxy groups -OCH3 is 1. The van der Waals surface area contributed by atoms with Crippen LogP contribution in [0.3, 0.4) is 0 Å². The van der Waals surface area contributed by atoms with Crippen molar-refractivity contribution in [3.8, 4) is 5.75 Å². The summed E-state index contributed by atoms with van der Waals surface area (Å²) in [5, 5.41) is 8.88. The fourth-order valence-corrected chi connectivity index (χ4v) is 1.55. The van der Waals surface area contributed by atoms with Crippen molar-refractivity contribution in [2.45, 2.75) is 12.5 Å². The van der Waals surface area contributed by atoms with Gasteiger partial charge in [-0.05, 0) is 24.1 Å². The Hall–Kier alpha value is -1.14. The van der Waals surface area contributed by atoms with Crippen LogP contribution >= 0.6 is 0 Å². The maximum absolute atomic E-state index is 8.88. The number of hydrogen-bond donors (Lipinski definition) is 2. The van der Waals surface area contributed by atoms with E-state index >= 15 is 0 Å². The van der Waals surface area contributed by atoms with Crippen molar-refractivity contribution in [1.29, 1.82) is 0 Å². The zero-order valence-electron chi connectivity index (χ0n) is 11.4. The van der Waals surface area contributed by atoms with Gasteiger partial charge in [-0.3, -0.25) is 0 Å². The Bertz CT molecular complexity index is 329. The lowest BCUT2D eigenvalue weighted by atomic mass is 10.1. The summed E-state index contributed by atoms with van der Waals surface area (Å²) in [6.45, 7) is 2.23. The second-order valence-corrected chi connectivity index (χ2v) is 4.24. The maximum atomic E-state index is 8.88. The van der Waals surface area contributed by atoms with Crippen molar-refractivity contribution in [1.82, 2.24) is 0 Å². The SMILES string of the molecule is COCCOCCOc1ccc(CC(N)CO)cc1. The highest BCUT2D eigenvalue weighted by Gasteiger charge is 2.02. The van der Waals surface area contributed by atoms with Crippen molar-refractivity contribution >= 4 is 0 Å². The molecule has 0 aliphatic rings. The minimum absolute atomic E-state index is 0.00291. The molecule has 5 nitrogen and oxygen atoms in total. The second-order valence-electron chi connectivity index (χ2n) is 4.24.